The second-order valence-electron chi connectivity index (χ2n) is 8.18. The zero-order valence-corrected chi connectivity index (χ0v) is 22.6. The summed E-state index contributed by atoms with van der Waals surface area (Å²) in [5.41, 5.74) is 3.82. The number of amides is 1. The average molecular weight is 540 g/mol. The third-order valence-corrected chi connectivity index (χ3v) is 6.53. The van der Waals surface area contributed by atoms with Gasteiger partial charge in [0.2, 0.25) is 0 Å². The van der Waals surface area contributed by atoms with E-state index in [4.69, 9.17) is 14.2 Å². The van der Waals surface area contributed by atoms with E-state index in [-0.39, 0.29) is 4.90 Å². The Morgan fingerprint density at radius 2 is 1.50 bits per heavy atom. The van der Waals surface area contributed by atoms with Gasteiger partial charge in [-0.05, 0) is 80.4 Å². The van der Waals surface area contributed by atoms with Crippen LogP contribution in [0.15, 0.2) is 76.7 Å². The molecule has 0 saturated heterocycles. The summed E-state index contributed by atoms with van der Waals surface area (Å²) in [4.78, 5) is 12.6. The molecule has 0 atom stereocenters. The van der Waals surface area contributed by atoms with Crippen LogP contribution in [0.3, 0.4) is 0 Å². The number of rotatable bonds is 14. The first-order valence-corrected chi connectivity index (χ1v) is 13.9. The number of nitrogens with one attached hydrogen (secondary N) is 2. The lowest BCUT2D eigenvalue weighted by atomic mass is 10.2. The van der Waals surface area contributed by atoms with Gasteiger partial charge in [0.25, 0.3) is 15.9 Å². The maximum atomic E-state index is 12.7. The van der Waals surface area contributed by atoms with E-state index in [0.717, 1.165) is 12.8 Å². The smallest absolute Gasteiger partial charge is 0.271 e. The Kier molecular flexibility index (Phi) is 10.5. The minimum Gasteiger partial charge on any atom is -0.494 e. The summed E-state index contributed by atoms with van der Waals surface area (Å²) in [6.45, 7) is 7.54. The molecule has 0 heterocycles. The minimum atomic E-state index is -3.79. The molecule has 0 bridgehead atoms. The summed E-state index contributed by atoms with van der Waals surface area (Å²) in [7, 11) is -3.79. The summed E-state index contributed by atoms with van der Waals surface area (Å²) in [6, 6.07) is 17.6. The molecule has 3 aromatic carbocycles. The van der Waals surface area contributed by atoms with E-state index in [2.05, 4.69) is 15.2 Å². The normalized spacial score (nSPS) is 11.2. The lowest BCUT2D eigenvalue weighted by Gasteiger charge is -2.11. The molecule has 2 N–H and O–H groups in total. The molecule has 9 nitrogen and oxygen atoms in total. The molecular weight excluding hydrogens is 506 g/mol. The fraction of sp³-hybridized carbons (Fsp3) is 0.286. The number of sulfonamides is 1. The zero-order valence-electron chi connectivity index (χ0n) is 21.8. The summed E-state index contributed by atoms with van der Waals surface area (Å²) < 4.78 is 44.6. The van der Waals surface area contributed by atoms with E-state index in [0.29, 0.717) is 53.9 Å². The third-order valence-electron chi connectivity index (χ3n) is 5.13. The van der Waals surface area contributed by atoms with E-state index in [1.807, 2.05) is 39.0 Å². The molecule has 202 valence electrons. The largest absolute Gasteiger partial charge is 0.494 e. The number of hydrogen-bond donors (Lipinski definition) is 2. The summed E-state index contributed by atoms with van der Waals surface area (Å²) in [6.07, 6.45) is 3.25. The van der Waals surface area contributed by atoms with Gasteiger partial charge in [-0.2, -0.15) is 5.10 Å². The second kappa shape index (κ2) is 14.0. The number of anilines is 1. The first-order chi connectivity index (χ1) is 18.4. The van der Waals surface area contributed by atoms with Gasteiger partial charge < -0.3 is 14.2 Å². The van der Waals surface area contributed by atoms with Crippen LogP contribution in [0.1, 0.15) is 49.5 Å². The fourth-order valence-corrected chi connectivity index (χ4v) is 4.34. The van der Waals surface area contributed by atoms with Gasteiger partial charge in [-0.1, -0.05) is 13.8 Å². The van der Waals surface area contributed by atoms with E-state index >= 15 is 0 Å². The molecule has 0 aromatic heterocycles. The molecule has 1 amide bonds. The number of carbonyl (C=O) groups excluding carboxylic acids is 1. The fourth-order valence-electron chi connectivity index (χ4n) is 3.28. The summed E-state index contributed by atoms with van der Waals surface area (Å²) in [5, 5.41) is 4.05. The van der Waals surface area contributed by atoms with Crippen LogP contribution in [-0.4, -0.2) is 40.4 Å². The van der Waals surface area contributed by atoms with Crippen LogP contribution in [0, 0.1) is 0 Å². The van der Waals surface area contributed by atoms with Crippen molar-refractivity contribution in [3.63, 3.8) is 0 Å². The van der Waals surface area contributed by atoms with E-state index in [1.165, 1.54) is 42.6 Å². The van der Waals surface area contributed by atoms with Crippen LogP contribution >= 0.6 is 0 Å². The van der Waals surface area contributed by atoms with Crippen LogP contribution in [0.25, 0.3) is 0 Å². The Bertz CT molecular complexity index is 1320. The quantitative estimate of drug-likeness (QED) is 0.214. The molecule has 38 heavy (non-hydrogen) atoms. The maximum Gasteiger partial charge on any atom is 0.271 e. The molecule has 0 spiro atoms. The molecular formula is C28H33N3O6S. The van der Waals surface area contributed by atoms with Gasteiger partial charge in [0.05, 0.1) is 30.9 Å². The van der Waals surface area contributed by atoms with Gasteiger partial charge in [-0.25, -0.2) is 13.8 Å². The summed E-state index contributed by atoms with van der Waals surface area (Å²) >= 11 is 0. The molecule has 10 heteroatoms. The number of hydrazone groups is 1. The van der Waals surface area contributed by atoms with Crippen molar-refractivity contribution < 1.29 is 27.4 Å². The lowest BCUT2D eigenvalue weighted by molar-refractivity contribution is 0.0955. The highest BCUT2D eigenvalue weighted by Crippen LogP contribution is 2.24. The van der Waals surface area contributed by atoms with Crippen molar-refractivity contribution >= 4 is 27.8 Å². The van der Waals surface area contributed by atoms with Crippen molar-refractivity contribution in [2.24, 2.45) is 5.10 Å². The van der Waals surface area contributed by atoms with Crippen LogP contribution in [0.2, 0.25) is 0 Å². The highest BCUT2D eigenvalue weighted by Gasteiger charge is 2.15. The van der Waals surface area contributed by atoms with E-state index in [9.17, 15) is 13.2 Å². The van der Waals surface area contributed by atoms with Crippen molar-refractivity contribution in [2.75, 3.05) is 24.5 Å². The van der Waals surface area contributed by atoms with Gasteiger partial charge in [-0.3, -0.25) is 9.52 Å². The number of nitrogens with zero attached hydrogens (tertiary/aromatic N) is 1. The minimum absolute atomic E-state index is 0.101. The van der Waals surface area contributed by atoms with Crippen molar-refractivity contribution in [1.29, 1.82) is 0 Å². The maximum absolute atomic E-state index is 12.7. The number of carbonyl (C=O) groups is 1. The van der Waals surface area contributed by atoms with Gasteiger partial charge in [0.1, 0.15) is 17.2 Å². The lowest BCUT2D eigenvalue weighted by Crippen LogP contribution is -2.18. The Hall–Kier alpha value is -4.05. The summed E-state index contributed by atoms with van der Waals surface area (Å²) in [5.74, 6) is 1.47. The Labute approximate surface area is 223 Å². The third kappa shape index (κ3) is 8.24. The standard InChI is InChI=1S/C28H33N3O6S/c1-4-17-36-25-12-9-22(27(19-25)37-18-5-2)20-29-30-28(32)21-7-10-23(11-8-21)31-38(33,34)26-15-13-24(14-16-26)35-6-3/h7-16,19-20,31H,4-6,17-18H2,1-3H3,(H,30,32). The van der Waals surface area contributed by atoms with Crippen LogP contribution in [0.4, 0.5) is 5.69 Å². The molecule has 0 saturated carbocycles. The highest BCUT2D eigenvalue weighted by molar-refractivity contribution is 7.92. The van der Waals surface area contributed by atoms with E-state index < -0.39 is 15.9 Å². The zero-order chi connectivity index (χ0) is 27.4. The van der Waals surface area contributed by atoms with Crippen molar-refractivity contribution in [1.82, 2.24) is 5.43 Å². The van der Waals surface area contributed by atoms with Gasteiger partial charge in [0.15, 0.2) is 0 Å². The van der Waals surface area contributed by atoms with Gasteiger partial charge in [-0.15, -0.1) is 0 Å². The number of hydrogen-bond acceptors (Lipinski definition) is 7. The average Bonchev–Trinajstić information content (AvgIpc) is 2.92. The molecule has 0 radical (unpaired) electrons. The molecule has 0 aliphatic carbocycles. The van der Waals surface area contributed by atoms with Crippen LogP contribution in [0.5, 0.6) is 17.2 Å². The first kappa shape index (κ1) is 28.5. The van der Waals surface area contributed by atoms with Crippen molar-refractivity contribution in [3.8, 4) is 17.2 Å². The Morgan fingerprint density at radius 3 is 2.16 bits per heavy atom. The first-order valence-electron chi connectivity index (χ1n) is 12.4. The van der Waals surface area contributed by atoms with Crippen molar-refractivity contribution in [2.45, 2.75) is 38.5 Å². The molecule has 0 unspecified atom stereocenters. The van der Waals surface area contributed by atoms with Gasteiger partial charge in [0, 0.05) is 22.9 Å². The Balaban J connectivity index is 1.62. The highest BCUT2D eigenvalue weighted by atomic mass is 32.2. The van der Waals surface area contributed by atoms with Crippen LogP contribution < -0.4 is 24.4 Å². The second-order valence-corrected chi connectivity index (χ2v) is 9.87. The number of ether oxygens (including phenoxy) is 3. The number of benzene rings is 3. The molecule has 3 aromatic rings. The molecule has 3 rings (SSSR count). The van der Waals surface area contributed by atoms with E-state index in [1.54, 1.807) is 12.1 Å². The predicted octanol–water partition coefficient (Wildman–Crippen LogP) is 5.23. The van der Waals surface area contributed by atoms with Crippen LogP contribution in [-0.2, 0) is 10.0 Å². The predicted molar refractivity (Wildman–Crippen MR) is 148 cm³/mol. The molecule has 0 aliphatic rings. The van der Waals surface area contributed by atoms with Gasteiger partial charge >= 0.3 is 0 Å². The molecule has 0 fully saturated rings. The topological polar surface area (TPSA) is 115 Å². The Morgan fingerprint density at radius 1 is 0.842 bits per heavy atom. The van der Waals surface area contributed by atoms with Crippen molar-refractivity contribution in [3.05, 3.63) is 77.9 Å². The monoisotopic (exact) mass is 539 g/mol. The SMILES string of the molecule is CCCOc1ccc(C=NNC(=O)c2ccc(NS(=O)(=O)c3ccc(OCC)cc3)cc2)c(OCCC)c1. The molecule has 0 aliphatic heterocycles.